The summed E-state index contributed by atoms with van der Waals surface area (Å²) in [5, 5.41) is 10.4. The van der Waals surface area contributed by atoms with E-state index >= 15 is 0 Å². The Morgan fingerprint density at radius 3 is 2.76 bits per heavy atom. The highest BCUT2D eigenvalue weighted by Crippen LogP contribution is 2.19. The maximum atomic E-state index is 10.4. The zero-order chi connectivity index (χ0) is 12.7. The molecule has 1 aromatic rings. The number of para-hydroxylation sites is 1. The molecule has 0 atom stereocenters. The van der Waals surface area contributed by atoms with Crippen LogP contribution in [0.5, 0.6) is 5.75 Å². The monoisotopic (exact) mass is 231 g/mol. The first-order chi connectivity index (χ1) is 8.15. The summed E-state index contributed by atoms with van der Waals surface area (Å²) < 4.78 is 5.51. The molecule has 17 heavy (non-hydrogen) atoms. The normalized spacial score (nSPS) is 9.65. The van der Waals surface area contributed by atoms with E-state index in [-0.39, 0.29) is 18.6 Å². The van der Waals surface area contributed by atoms with Crippen molar-refractivity contribution < 1.29 is 14.6 Å². The van der Waals surface area contributed by atoms with Gasteiger partial charge in [0.25, 0.3) is 0 Å². The van der Waals surface area contributed by atoms with Crippen molar-refractivity contribution in [2.75, 3.05) is 6.61 Å². The van der Waals surface area contributed by atoms with Gasteiger partial charge in [-0.15, -0.1) is 6.58 Å². The van der Waals surface area contributed by atoms with Gasteiger partial charge < -0.3 is 14.6 Å². The minimum absolute atomic E-state index is 0.0474. The largest absolute Gasteiger partial charge is 0.545 e. The molecule has 0 amide bonds. The van der Waals surface area contributed by atoms with Gasteiger partial charge in [-0.1, -0.05) is 30.9 Å². The third-order valence-electron chi connectivity index (χ3n) is 2.29. The molecular weight excluding hydrogens is 216 g/mol. The number of aliphatic carboxylic acids is 1. The Morgan fingerprint density at radius 2 is 2.12 bits per heavy atom. The van der Waals surface area contributed by atoms with Crippen LogP contribution in [0, 0.1) is 0 Å². The summed E-state index contributed by atoms with van der Waals surface area (Å²) in [7, 11) is 0. The molecule has 0 aliphatic heterocycles. The molecule has 0 spiro atoms. The van der Waals surface area contributed by atoms with Gasteiger partial charge in [-0.05, 0) is 23.6 Å². The van der Waals surface area contributed by atoms with Crippen molar-refractivity contribution in [2.45, 2.75) is 12.8 Å². The summed E-state index contributed by atoms with van der Waals surface area (Å²) in [4.78, 5) is 10.4. The molecule has 0 heterocycles. The first kappa shape index (κ1) is 13.0. The molecule has 0 aliphatic carbocycles. The van der Waals surface area contributed by atoms with Crippen molar-refractivity contribution in [3.8, 4) is 5.75 Å². The van der Waals surface area contributed by atoms with Gasteiger partial charge >= 0.3 is 0 Å². The second-order valence-corrected chi connectivity index (χ2v) is 3.59. The van der Waals surface area contributed by atoms with Gasteiger partial charge in [-0.3, -0.25) is 0 Å². The molecule has 1 rings (SSSR count). The summed E-state index contributed by atoms with van der Waals surface area (Å²) in [5.74, 6) is -0.480. The van der Waals surface area contributed by atoms with E-state index in [0.29, 0.717) is 0 Å². The Bertz CT molecular complexity index is 421. The number of allylic oxidation sites excluding steroid dienone is 1. The number of hydrogen-bond donors (Lipinski definition) is 0. The molecule has 0 radical (unpaired) electrons. The van der Waals surface area contributed by atoms with Crippen LogP contribution in [0.3, 0.4) is 0 Å². The van der Waals surface area contributed by atoms with Crippen LogP contribution in [0.1, 0.15) is 12.0 Å². The number of carbonyl (C=O) groups excluding carboxylic acids is 1. The average Bonchev–Trinajstić information content (AvgIpc) is 2.31. The van der Waals surface area contributed by atoms with Crippen molar-refractivity contribution >= 4 is 5.97 Å². The maximum absolute atomic E-state index is 10.4. The SMILES string of the molecule is C=CCc1ccccc1OCCC(=C)C(=O)[O-]. The van der Waals surface area contributed by atoms with Gasteiger partial charge in [0.1, 0.15) is 5.75 Å². The molecule has 0 aliphatic rings. The Hall–Kier alpha value is -2.03. The predicted octanol–water partition coefficient (Wildman–Crippen LogP) is 1.49. The van der Waals surface area contributed by atoms with E-state index in [1.54, 1.807) is 6.08 Å². The van der Waals surface area contributed by atoms with Crippen LogP contribution in [0.15, 0.2) is 49.1 Å². The molecule has 0 saturated carbocycles. The van der Waals surface area contributed by atoms with E-state index in [9.17, 15) is 9.90 Å². The molecule has 0 fully saturated rings. The standard InChI is InChI=1S/C14H16O3/c1-3-6-12-7-4-5-8-13(12)17-10-9-11(2)14(15)16/h3-5,7-8H,1-2,6,9-10H2,(H,15,16)/p-1. The topological polar surface area (TPSA) is 49.4 Å². The first-order valence-electron chi connectivity index (χ1n) is 5.36. The van der Waals surface area contributed by atoms with Crippen molar-refractivity contribution in [3.63, 3.8) is 0 Å². The molecule has 0 bridgehead atoms. The van der Waals surface area contributed by atoms with Crippen molar-refractivity contribution in [2.24, 2.45) is 0 Å². The number of rotatable bonds is 7. The van der Waals surface area contributed by atoms with Crippen LogP contribution < -0.4 is 9.84 Å². The second-order valence-electron chi connectivity index (χ2n) is 3.59. The maximum Gasteiger partial charge on any atom is 0.122 e. The highest BCUT2D eigenvalue weighted by Gasteiger charge is 2.02. The third-order valence-corrected chi connectivity index (χ3v) is 2.29. The minimum Gasteiger partial charge on any atom is -0.545 e. The molecule has 90 valence electrons. The minimum atomic E-state index is -1.23. The Balaban J connectivity index is 2.54. The molecule has 0 saturated heterocycles. The molecule has 3 heteroatoms. The molecular formula is C14H15O3-. The lowest BCUT2D eigenvalue weighted by Gasteiger charge is -2.11. The van der Waals surface area contributed by atoms with Crippen LogP contribution in [0.2, 0.25) is 0 Å². The van der Waals surface area contributed by atoms with E-state index in [2.05, 4.69) is 13.2 Å². The number of hydrogen-bond acceptors (Lipinski definition) is 3. The Labute approximate surface area is 101 Å². The lowest BCUT2D eigenvalue weighted by atomic mass is 10.1. The third kappa shape index (κ3) is 4.15. The molecule has 0 N–H and O–H groups in total. The molecule has 3 nitrogen and oxygen atoms in total. The number of carbonyl (C=O) groups is 1. The van der Waals surface area contributed by atoms with Crippen LogP contribution in [0.25, 0.3) is 0 Å². The van der Waals surface area contributed by atoms with Crippen LogP contribution in [0.4, 0.5) is 0 Å². The van der Waals surface area contributed by atoms with Crippen molar-refractivity contribution in [1.29, 1.82) is 0 Å². The summed E-state index contributed by atoms with van der Waals surface area (Å²) in [6, 6.07) is 7.59. The number of ether oxygens (including phenoxy) is 1. The average molecular weight is 231 g/mol. The smallest absolute Gasteiger partial charge is 0.122 e. The van der Waals surface area contributed by atoms with Crippen LogP contribution >= 0.6 is 0 Å². The summed E-state index contributed by atoms with van der Waals surface area (Å²) in [6.07, 6.45) is 2.77. The zero-order valence-corrected chi connectivity index (χ0v) is 9.65. The van der Waals surface area contributed by atoms with Crippen molar-refractivity contribution in [1.82, 2.24) is 0 Å². The van der Waals surface area contributed by atoms with E-state index in [4.69, 9.17) is 4.74 Å². The van der Waals surface area contributed by atoms with E-state index in [0.717, 1.165) is 17.7 Å². The van der Waals surface area contributed by atoms with E-state index in [1.165, 1.54) is 0 Å². The van der Waals surface area contributed by atoms with E-state index < -0.39 is 5.97 Å². The quantitative estimate of drug-likeness (QED) is 0.527. The van der Waals surface area contributed by atoms with E-state index in [1.807, 2.05) is 24.3 Å². The number of benzene rings is 1. The molecule has 1 aromatic carbocycles. The Morgan fingerprint density at radius 1 is 1.41 bits per heavy atom. The fourth-order valence-corrected chi connectivity index (χ4v) is 1.36. The van der Waals surface area contributed by atoms with Gasteiger partial charge in [0.05, 0.1) is 12.6 Å². The highest BCUT2D eigenvalue weighted by molar-refractivity contribution is 5.83. The predicted molar refractivity (Wildman–Crippen MR) is 64.6 cm³/mol. The first-order valence-corrected chi connectivity index (χ1v) is 5.36. The van der Waals surface area contributed by atoms with Gasteiger partial charge in [-0.2, -0.15) is 0 Å². The van der Waals surface area contributed by atoms with Crippen LogP contribution in [-0.4, -0.2) is 12.6 Å². The lowest BCUT2D eigenvalue weighted by Crippen LogP contribution is -2.24. The Kier molecular flexibility index (Phi) is 5.01. The van der Waals surface area contributed by atoms with Crippen LogP contribution in [-0.2, 0) is 11.2 Å². The molecule has 0 aromatic heterocycles. The zero-order valence-electron chi connectivity index (χ0n) is 9.65. The number of carboxylic acid groups (broad SMARTS) is 1. The second kappa shape index (κ2) is 6.53. The fourth-order valence-electron chi connectivity index (χ4n) is 1.36. The van der Waals surface area contributed by atoms with Gasteiger partial charge in [-0.25, -0.2) is 0 Å². The van der Waals surface area contributed by atoms with Gasteiger partial charge in [0.2, 0.25) is 0 Å². The summed E-state index contributed by atoms with van der Waals surface area (Å²) in [6.45, 7) is 7.34. The lowest BCUT2D eigenvalue weighted by molar-refractivity contribution is -0.299. The summed E-state index contributed by atoms with van der Waals surface area (Å²) >= 11 is 0. The van der Waals surface area contributed by atoms with Gasteiger partial charge in [0, 0.05) is 6.42 Å². The van der Waals surface area contributed by atoms with Crippen molar-refractivity contribution in [3.05, 3.63) is 54.6 Å². The molecule has 0 unspecified atom stereocenters. The summed E-state index contributed by atoms with van der Waals surface area (Å²) in [5.41, 5.74) is 1.08. The number of carboxylic acids is 1. The fraction of sp³-hybridized carbons (Fsp3) is 0.214. The highest BCUT2D eigenvalue weighted by atomic mass is 16.5. The van der Waals surface area contributed by atoms with Gasteiger partial charge in [0.15, 0.2) is 0 Å².